The van der Waals surface area contributed by atoms with Gasteiger partial charge in [-0.25, -0.2) is 4.89 Å². The fourth-order valence-corrected chi connectivity index (χ4v) is 1.87. The van der Waals surface area contributed by atoms with Crippen molar-refractivity contribution in [1.29, 1.82) is 0 Å². The average Bonchev–Trinajstić information content (AvgIpc) is 2.57. The van der Waals surface area contributed by atoms with E-state index in [1.54, 1.807) is 12.2 Å². The molecular weight excluding hydrogens is 304 g/mol. The van der Waals surface area contributed by atoms with Crippen molar-refractivity contribution in [3.63, 3.8) is 0 Å². The Bertz CT molecular complexity index is 445. The van der Waals surface area contributed by atoms with Crippen LogP contribution in [0.3, 0.4) is 0 Å². The van der Waals surface area contributed by atoms with Gasteiger partial charge >= 0.3 is 5.97 Å². The number of allylic oxidation sites excluding steroid dienone is 9. The summed E-state index contributed by atoms with van der Waals surface area (Å²) >= 11 is 0. The zero-order chi connectivity index (χ0) is 17.9. The Labute approximate surface area is 145 Å². The fourth-order valence-electron chi connectivity index (χ4n) is 1.87. The van der Waals surface area contributed by atoms with Gasteiger partial charge in [-0.1, -0.05) is 67.7 Å². The maximum absolute atomic E-state index is 10.4. The van der Waals surface area contributed by atoms with Crippen LogP contribution in [0.2, 0.25) is 0 Å². The number of rotatable bonds is 14. The standard InChI is InChI=1S/C20H30O4/c1-2-3-4-5-6-7-8-9-10-11-12-13-14-16-19(24-23)17-15-18-20(21)22/h3-4,6-7,9-10,12-14,16,19,23H,2,5,8,11,15,17-18H2,1H3,(H,21,22). The summed E-state index contributed by atoms with van der Waals surface area (Å²) in [5, 5.41) is 17.3. The van der Waals surface area contributed by atoms with Gasteiger partial charge in [-0.2, -0.15) is 0 Å². The van der Waals surface area contributed by atoms with Crippen LogP contribution in [-0.4, -0.2) is 22.4 Å². The number of carbonyl (C=O) groups is 1. The van der Waals surface area contributed by atoms with Crippen molar-refractivity contribution in [2.24, 2.45) is 0 Å². The summed E-state index contributed by atoms with van der Waals surface area (Å²) in [5.41, 5.74) is 0. The van der Waals surface area contributed by atoms with E-state index in [1.165, 1.54) is 0 Å². The lowest BCUT2D eigenvalue weighted by molar-refractivity contribution is -0.267. The second kappa shape index (κ2) is 17.4. The third-order valence-corrected chi connectivity index (χ3v) is 3.14. The van der Waals surface area contributed by atoms with Crippen molar-refractivity contribution in [2.75, 3.05) is 0 Å². The van der Waals surface area contributed by atoms with Gasteiger partial charge in [0, 0.05) is 6.42 Å². The number of hydrogen-bond acceptors (Lipinski definition) is 3. The van der Waals surface area contributed by atoms with Gasteiger partial charge in [0.25, 0.3) is 0 Å². The van der Waals surface area contributed by atoms with Crippen LogP contribution in [0.1, 0.15) is 51.9 Å². The molecule has 1 unspecified atom stereocenters. The summed E-state index contributed by atoms with van der Waals surface area (Å²) in [4.78, 5) is 14.7. The van der Waals surface area contributed by atoms with Gasteiger partial charge in [-0.15, -0.1) is 0 Å². The third-order valence-electron chi connectivity index (χ3n) is 3.14. The lowest BCUT2D eigenvalue weighted by Crippen LogP contribution is -2.08. The molecule has 0 heterocycles. The van der Waals surface area contributed by atoms with Gasteiger partial charge in [0.15, 0.2) is 0 Å². The highest BCUT2D eigenvalue weighted by Gasteiger charge is 2.05. The highest BCUT2D eigenvalue weighted by Crippen LogP contribution is 2.06. The normalized spacial score (nSPS) is 14.1. The van der Waals surface area contributed by atoms with E-state index in [-0.39, 0.29) is 6.42 Å². The van der Waals surface area contributed by atoms with Crippen LogP contribution in [0.4, 0.5) is 0 Å². The number of hydrogen-bond donors (Lipinski definition) is 2. The third kappa shape index (κ3) is 16.5. The molecule has 0 saturated heterocycles. The first-order valence-corrected chi connectivity index (χ1v) is 8.51. The van der Waals surface area contributed by atoms with Crippen molar-refractivity contribution in [1.82, 2.24) is 0 Å². The van der Waals surface area contributed by atoms with E-state index < -0.39 is 12.1 Å². The summed E-state index contributed by atoms with van der Waals surface area (Å²) in [6.07, 6.45) is 24.7. The maximum atomic E-state index is 10.4. The highest BCUT2D eigenvalue weighted by molar-refractivity contribution is 5.66. The molecule has 0 amide bonds. The fraction of sp³-hybridized carbons (Fsp3) is 0.450. The minimum atomic E-state index is -0.838. The molecule has 0 saturated carbocycles. The number of carboxylic acid groups (broad SMARTS) is 1. The molecule has 0 aromatic heterocycles. The SMILES string of the molecule is CCC=CCC=CCC=CCC=CC=CC(CCCC(=O)O)OO. The molecule has 0 spiro atoms. The molecule has 24 heavy (non-hydrogen) atoms. The molecule has 0 aromatic rings. The summed E-state index contributed by atoms with van der Waals surface area (Å²) in [5.74, 6) is -0.838. The Balaban J connectivity index is 3.79. The minimum absolute atomic E-state index is 0.0810. The van der Waals surface area contributed by atoms with Crippen LogP contribution < -0.4 is 0 Å². The second-order valence-corrected chi connectivity index (χ2v) is 5.27. The highest BCUT2D eigenvalue weighted by atomic mass is 17.1. The van der Waals surface area contributed by atoms with Crippen molar-refractivity contribution >= 4 is 5.97 Å². The van der Waals surface area contributed by atoms with Gasteiger partial charge in [0.1, 0.15) is 6.10 Å². The molecule has 0 fully saturated rings. The van der Waals surface area contributed by atoms with E-state index in [9.17, 15) is 4.79 Å². The predicted octanol–water partition coefficient (Wildman–Crippen LogP) is 5.46. The van der Waals surface area contributed by atoms with E-state index >= 15 is 0 Å². The Kier molecular flexibility index (Phi) is 16.1. The smallest absolute Gasteiger partial charge is 0.303 e. The summed E-state index contributed by atoms with van der Waals surface area (Å²) < 4.78 is 0. The molecule has 1 atom stereocenters. The molecule has 4 nitrogen and oxygen atoms in total. The van der Waals surface area contributed by atoms with Crippen LogP contribution in [0.25, 0.3) is 0 Å². The molecule has 0 aliphatic carbocycles. The zero-order valence-electron chi connectivity index (χ0n) is 14.5. The zero-order valence-corrected chi connectivity index (χ0v) is 14.5. The summed E-state index contributed by atoms with van der Waals surface area (Å²) in [6.45, 7) is 2.13. The average molecular weight is 334 g/mol. The predicted molar refractivity (Wildman–Crippen MR) is 98.8 cm³/mol. The first-order chi connectivity index (χ1) is 11.7. The van der Waals surface area contributed by atoms with Crippen LogP contribution in [0, 0.1) is 0 Å². The molecule has 134 valence electrons. The first kappa shape index (κ1) is 22.1. The van der Waals surface area contributed by atoms with Crippen molar-refractivity contribution in [2.45, 2.75) is 58.0 Å². The molecule has 4 heteroatoms. The molecule has 0 rings (SSSR count). The molecule has 0 aliphatic rings. The van der Waals surface area contributed by atoms with Crippen LogP contribution in [0.5, 0.6) is 0 Å². The Morgan fingerprint density at radius 1 is 0.958 bits per heavy atom. The topological polar surface area (TPSA) is 66.8 Å². The monoisotopic (exact) mass is 334 g/mol. The summed E-state index contributed by atoms with van der Waals surface area (Å²) in [7, 11) is 0. The van der Waals surface area contributed by atoms with Gasteiger partial charge < -0.3 is 5.11 Å². The molecule has 2 N–H and O–H groups in total. The quantitative estimate of drug-likeness (QED) is 0.191. The summed E-state index contributed by atoms with van der Waals surface area (Å²) in [6, 6.07) is 0. The molecular formula is C20H30O4. The van der Waals surface area contributed by atoms with Crippen LogP contribution in [-0.2, 0) is 9.68 Å². The lowest BCUT2D eigenvalue weighted by Gasteiger charge is -2.06. The van der Waals surface area contributed by atoms with Gasteiger partial charge in [-0.3, -0.25) is 10.1 Å². The minimum Gasteiger partial charge on any atom is -0.481 e. The molecule has 0 aromatic carbocycles. The van der Waals surface area contributed by atoms with Crippen molar-refractivity contribution in [3.05, 3.63) is 60.8 Å². The van der Waals surface area contributed by atoms with Crippen molar-refractivity contribution < 1.29 is 20.0 Å². The largest absolute Gasteiger partial charge is 0.481 e. The molecule has 0 bridgehead atoms. The van der Waals surface area contributed by atoms with Gasteiger partial charge in [0.05, 0.1) is 0 Å². The van der Waals surface area contributed by atoms with Gasteiger partial charge in [-0.05, 0) is 38.5 Å². The molecule has 0 radical (unpaired) electrons. The number of carboxylic acids is 1. The van der Waals surface area contributed by atoms with Crippen LogP contribution in [0.15, 0.2) is 60.8 Å². The van der Waals surface area contributed by atoms with E-state index in [1.807, 2.05) is 12.2 Å². The Morgan fingerprint density at radius 3 is 2.08 bits per heavy atom. The lowest BCUT2D eigenvalue weighted by atomic mass is 10.1. The second-order valence-electron chi connectivity index (χ2n) is 5.27. The van der Waals surface area contributed by atoms with Crippen LogP contribution >= 0.6 is 0 Å². The van der Waals surface area contributed by atoms with E-state index in [0.717, 1.165) is 25.7 Å². The van der Waals surface area contributed by atoms with E-state index in [2.05, 4.69) is 48.3 Å². The van der Waals surface area contributed by atoms with E-state index in [4.69, 9.17) is 10.4 Å². The maximum Gasteiger partial charge on any atom is 0.303 e. The first-order valence-electron chi connectivity index (χ1n) is 8.51. The van der Waals surface area contributed by atoms with Gasteiger partial charge in [0.2, 0.25) is 0 Å². The Hall–Kier alpha value is -1.91. The molecule has 0 aliphatic heterocycles. The Morgan fingerprint density at radius 2 is 1.54 bits per heavy atom. The van der Waals surface area contributed by atoms with Crippen molar-refractivity contribution in [3.8, 4) is 0 Å². The number of aliphatic carboxylic acids is 1. The van der Waals surface area contributed by atoms with E-state index in [0.29, 0.717) is 12.8 Å².